The summed E-state index contributed by atoms with van der Waals surface area (Å²) in [5.74, 6) is 0. The van der Waals surface area contributed by atoms with E-state index in [1.54, 1.807) is 0 Å². The predicted octanol–water partition coefficient (Wildman–Crippen LogP) is 2.14. The first-order valence-electron chi connectivity index (χ1n) is 3.55. The molecule has 1 aliphatic rings. The molecule has 1 heteroatoms. The molecule has 1 aliphatic carbocycles. The van der Waals surface area contributed by atoms with E-state index >= 15 is 0 Å². The predicted molar refractivity (Wildman–Crippen MR) is 32.2 cm³/mol. The van der Waals surface area contributed by atoms with Crippen LogP contribution in [0.2, 0.25) is 0 Å². The summed E-state index contributed by atoms with van der Waals surface area (Å²) in [4.78, 5) is 0. The number of hydrogen-bond donors (Lipinski definition) is 0. The molecule has 1 saturated carbocycles. The molecule has 47 valence electrons. The van der Waals surface area contributed by atoms with Crippen molar-refractivity contribution in [2.75, 3.05) is 0 Å². The zero-order valence-corrected chi connectivity index (χ0v) is 5.23. The van der Waals surface area contributed by atoms with Gasteiger partial charge in [0.25, 0.3) is 0 Å². The first kappa shape index (κ1) is 6.09. The fourth-order valence-corrected chi connectivity index (χ4v) is 1.24. The molecular weight excluding hydrogens is 100 g/mol. The van der Waals surface area contributed by atoms with Gasteiger partial charge in [-0.05, 0) is 12.8 Å². The van der Waals surface area contributed by atoms with Gasteiger partial charge in [0.05, 0.1) is 6.10 Å². The van der Waals surface area contributed by atoms with E-state index in [4.69, 9.17) is 0 Å². The van der Waals surface area contributed by atoms with Gasteiger partial charge in [-0.25, -0.2) is 5.11 Å². The van der Waals surface area contributed by atoms with Crippen molar-refractivity contribution in [3.05, 3.63) is 0 Å². The summed E-state index contributed by atoms with van der Waals surface area (Å²) in [7, 11) is 0. The van der Waals surface area contributed by atoms with Gasteiger partial charge in [-0.1, -0.05) is 25.7 Å². The molecule has 0 unspecified atom stereocenters. The molecule has 0 N–H and O–H groups in total. The van der Waals surface area contributed by atoms with Crippen molar-refractivity contribution < 1.29 is 5.11 Å². The molecule has 0 heterocycles. The third kappa shape index (κ3) is 1.83. The molecule has 0 atom stereocenters. The van der Waals surface area contributed by atoms with E-state index in [0.29, 0.717) is 0 Å². The van der Waals surface area contributed by atoms with Crippen LogP contribution in [0, 0.1) is 0 Å². The Hall–Kier alpha value is -0.0400. The van der Waals surface area contributed by atoms with E-state index < -0.39 is 0 Å². The molecule has 0 aromatic rings. The van der Waals surface area contributed by atoms with Crippen LogP contribution in [0.15, 0.2) is 0 Å². The summed E-state index contributed by atoms with van der Waals surface area (Å²) in [5, 5.41) is 10.8. The van der Waals surface area contributed by atoms with Crippen LogP contribution in [-0.4, -0.2) is 6.10 Å². The molecule has 1 fully saturated rings. The second-order valence-electron chi connectivity index (χ2n) is 2.61. The van der Waals surface area contributed by atoms with Crippen LogP contribution < -0.4 is 0 Å². The summed E-state index contributed by atoms with van der Waals surface area (Å²) < 4.78 is 0. The molecule has 1 radical (unpaired) electrons. The van der Waals surface area contributed by atoms with Crippen molar-refractivity contribution in [2.24, 2.45) is 0 Å². The van der Waals surface area contributed by atoms with Crippen molar-refractivity contribution in [1.29, 1.82) is 0 Å². The highest BCUT2D eigenvalue weighted by Crippen LogP contribution is 2.16. The Morgan fingerprint density at radius 2 is 1.38 bits per heavy atom. The van der Waals surface area contributed by atoms with E-state index in [0.717, 1.165) is 12.8 Å². The largest absolute Gasteiger partial charge is 0.233 e. The molecule has 0 spiro atoms. The zero-order chi connectivity index (χ0) is 5.82. The van der Waals surface area contributed by atoms with Crippen molar-refractivity contribution in [1.82, 2.24) is 0 Å². The highest BCUT2D eigenvalue weighted by molar-refractivity contribution is 4.60. The normalized spacial score (nSPS) is 25.1. The van der Waals surface area contributed by atoms with Gasteiger partial charge in [-0.2, -0.15) is 0 Å². The topological polar surface area (TPSA) is 19.9 Å². The van der Waals surface area contributed by atoms with Crippen molar-refractivity contribution in [2.45, 2.75) is 44.6 Å². The third-order valence-corrected chi connectivity index (χ3v) is 1.80. The summed E-state index contributed by atoms with van der Waals surface area (Å²) in [5.41, 5.74) is 0. The Kier molecular flexibility index (Phi) is 2.34. The van der Waals surface area contributed by atoms with E-state index in [9.17, 15) is 5.11 Å². The Bertz CT molecular complexity index is 53.4. The third-order valence-electron chi connectivity index (χ3n) is 1.80. The second kappa shape index (κ2) is 3.08. The van der Waals surface area contributed by atoms with Gasteiger partial charge in [0.15, 0.2) is 0 Å². The van der Waals surface area contributed by atoms with Gasteiger partial charge in [0.1, 0.15) is 0 Å². The molecule has 0 amide bonds. The standard InChI is InChI=1S/C7H13O/c8-7-5-3-1-2-4-6-7/h7H,1-6H2. The summed E-state index contributed by atoms with van der Waals surface area (Å²) in [6.07, 6.45) is 6.57. The number of rotatable bonds is 0. The minimum absolute atomic E-state index is 0.225. The molecule has 1 nitrogen and oxygen atoms in total. The van der Waals surface area contributed by atoms with Crippen LogP contribution in [0.5, 0.6) is 0 Å². The van der Waals surface area contributed by atoms with E-state index in [1.807, 2.05) is 0 Å². The lowest BCUT2D eigenvalue weighted by Gasteiger charge is -1.98. The maximum absolute atomic E-state index is 10.8. The van der Waals surface area contributed by atoms with Crippen molar-refractivity contribution in [3.63, 3.8) is 0 Å². The van der Waals surface area contributed by atoms with Gasteiger partial charge in [0, 0.05) is 0 Å². The molecule has 0 aromatic heterocycles. The van der Waals surface area contributed by atoms with E-state index in [2.05, 4.69) is 0 Å². The van der Waals surface area contributed by atoms with Gasteiger partial charge in [0.2, 0.25) is 0 Å². The number of hydrogen-bond acceptors (Lipinski definition) is 0. The fraction of sp³-hybridized carbons (Fsp3) is 1.00. The van der Waals surface area contributed by atoms with Gasteiger partial charge in [-0.15, -0.1) is 0 Å². The zero-order valence-electron chi connectivity index (χ0n) is 5.23. The average Bonchev–Trinajstić information content (AvgIpc) is 1.94. The maximum atomic E-state index is 10.8. The summed E-state index contributed by atoms with van der Waals surface area (Å²) in [6, 6.07) is 0. The van der Waals surface area contributed by atoms with Crippen LogP contribution in [0.3, 0.4) is 0 Å². The monoisotopic (exact) mass is 113 g/mol. The van der Waals surface area contributed by atoms with E-state index in [-0.39, 0.29) is 6.10 Å². The quantitative estimate of drug-likeness (QED) is 0.429. The lowest BCUT2D eigenvalue weighted by Crippen LogP contribution is -1.99. The highest BCUT2D eigenvalue weighted by Gasteiger charge is 2.08. The van der Waals surface area contributed by atoms with Crippen molar-refractivity contribution >= 4 is 0 Å². The van der Waals surface area contributed by atoms with Crippen LogP contribution in [0.25, 0.3) is 0 Å². The van der Waals surface area contributed by atoms with Crippen LogP contribution in [0.1, 0.15) is 38.5 Å². The molecule has 0 saturated heterocycles. The lowest BCUT2D eigenvalue weighted by molar-refractivity contribution is 0.0758. The van der Waals surface area contributed by atoms with Crippen LogP contribution >= 0.6 is 0 Å². The Morgan fingerprint density at radius 3 is 1.88 bits per heavy atom. The second-order valence-corrected chi connectivity index (χ2v) is 2.61. The molecule has 0 bridgehead atoms. The highest BCUT2D eigenvalue weighted by atomic mass is 16.3. The smallest absolute Gasteiger partial charge is 0.0930 e. The van der Waals surface area contributed by atoms with Crippen molar-refractivity contribution in [3.8, 4) is 0 Å². The van der Waals surface area contributed by atoms with Crippen LogP contribution in [-0.2, 0) is 5.11 Å². The Balaban J connectivity index is 2.17. The van der Waals surface area contributed by atoms with E-state index in [1.165, 1.54) is 25.7 Å². The van der Waals surface area contributed by atoms with Gasteiger partial charge < -0.3 is 0 Å². The van der Waals surface area contributed by atoms with Gasteiger partial charge >= 0.3 is 0 Å². The Labute approximate surface area is 50.7 Å². The van der Waals surface area contributed by atoms with Crippen LogP contribution in [0.4, 0.5) is 0 Å². The fourth-order valence-electron chi connectivity index (χ4n) is 1.24. The minimum atomic E-state index is -0.225. The first-order chi connectivity index (χ1) is 3.89. The first-order valence-corrected chi connectivity index (χ1v) is 3.55. The summed E-state index contributed by atoms with van der Waals surface area (Å²) in [6.45, 7) is 0. The molecular formula is C7H13O. The maximum Gasteiger partial charge on any atom is 0.0930 e. The SMILES string of the molecule is [O]C1CCCCCC1. The summed E-state index contributed by atoms with van der Waals surface area (Å²) >= 11 is 0. The Morgan fingerprint density at radius 1 is 0.875 bits per heavy atom. The van der Waals surface area contributed by atoms with Gasteiger partial charge in [-0.3, -0.25) is 0 Å². The minimum Gasteiger partial charge on any atom is -0.233 e. The molecule has 0 aromatic carbocycles. The molecule has 8 heavy (non-hydrogen) atoms. The average molecular weight is 113 g/mol. The lowest BCUT2D eigenvalue weighted by atomic mass is 10.2. The molecule has 0 aliphatic heterocycles. The molecule has 1 rings (SSSR count).